The second-order valence-electron chi connectivity index (χ2n) is 8.97. The largest absolute Gasteiger partial charge is 0.493 e. The number of nitrogens with one attached hydrogen (secondary N) is 2. The molecule has 0 unspecified atom stereocenters. The summed E-state index contributed by atoms with van der Waals surface area (Å²) in [7, 11) is 1.46. The van der Waals surface area contributed by atoms with E-state index in [2.05, 4.69) is 10.6 Å². The summed E-state index contributed by atoms with van der Waals surface area (Å²) < 4.78 is 11.5. The van der Waals surface area contributed by atoms with Crippen molar-refractivity contribution >= 4 is 34.5 Å². The third kappa shape index (κ3) is 5.55. The van der Waals surface area contributed by atoms with Gasteiger partial charge in [0.2, 0.25) is 0 Å². The van der Waals surface area contributed by atoms with Crippen LogP contribution in [0.15, 0.2) is 109 Å². The molecular formula is C31H25N3O5S. The fourth-order valence-electron chi connectivity index (χ4n) is 4.58. The van der Waals surface area contributed by atoms with Crippen LogP contribution in [0.5, 0.6) is 11.5 Å². The third-order valence-corrected chi connectivity index (χ3v) is 6.69. The fraction of sp³-hybridized carbons (Fsp3) is 0.0968. The van der Waals surface area contributed by atoms with E-state index in [1.54, 1.807) is 24.3 Å². The monoisotopic (exact) mass is 551 g/mol. The summed E-state index contributed by atoms with van der Waals surface area (Å²) in [6, 6.07) is 29.4. The van der Waals surface area contributed by atoms with Crippen molar-refractivity contribution in [3.05, 3.63) is 141 Å². The molecule has 1 aliphatic heterocycles. The number of carbonyl (C=O) groups is 1. The molecule has 8 nitrogen and oxygen atoms in total. The number of ketones is 1. The molecule has 4 aromatic rings. The highest BCUT2D eigenvalue weighted by Gasteiger charge is 2.37. The third-order valence-electron chi connectivity index (χ3n) is 6.47. The second-order valence-corrected chi connectivity index (χ2v) is 9.38. The van der Waals surface area contributed by atoms with Gasteiger partial charge in [-0.25, -0.2) is 0 Å². The zero-order chi connectivity index (χ0) is 28.1. The van der Waals surface area contributed by atoms with Gasteiger partial charge in [-0.3, -0.25) is 14.9 Å². The number of nitrogens with zero attached hydrogens (tertiary/aromatic N) is 1. The molecule has 1 heterocycles. The molecule has 40 heavy (non-hydrogen) atoms. The molecule has 0 spiro atoms. The van der Waals surface area contributed by atoms with Crippen LogP contribution in [0.4, 0.5) is 5.69 Å². The number of benzene rings is 4. The van der Waals surface area contributed by atoms with Crippen LogP contribution >= 0.6 is 12.2 Å². The molecule has 0 bridgehead atoms. The van der Waals surface area contributed by atoms with Gasteiger partial charge in [0.25, 0.3) is 5.69 Å². The number of Topliss-reactive ketones (excluding diaryl/α,β-unsaturated/α-hetero) is 1. The van der Waals surface area contributed by atoms with Gasteiger partial charge in [0.1, 0.15) is 6.61 Å². The molecule has 5 rings (SSSR count). The Balaban J connectivity index is 1.67. The van der Waals surface area contributed by atoms with Gasteiger partial charge < -0.3 is 20.1 Å². The highest BCUT2D eigenvalue weighted by molar-refractivity contribution is 7.80. The Kier molecular flexibility index (Phi) is 7.84. The smallest absolute Gasteiger partial charge is 0.279 e. The van der Waals surface area contributed by atoms with Crippen LogP contribution in [0.1, 0.15) is 33.1 Å². The summed E-state index contributed by atoms with van der Waals surface area (Å²) in [6.45, 7) is 0.194. The van der Waals surface area contributed by atoms with Gasteiger partial charge in [-0.15, -0.1) is 0 Å². The van der Waals surface area contributed by atoms with E-state index in [4.69, 9.17) is 21.7 Å². The van der Waals surface area contributed by atoms with Crippen LogP contribution in [0.2, 0.25) is 0 Å². The van der Waals surface area contributed by atoms with E-state index in [9.17, 15) is 14.9 Å². The van der Waals surface area contributed by atoms with Gasteiger partial charge >= 0.3 is 0 Å². The fourth-order valence-corrected chi connectivity index (χ4v) is 4.80. The van der Waals surface area contributed by atoms with E-state index in [1.807, 2.05) is 66.7 Å². The number of nitro groups is 1. The van der Waals surface area contributed by atoms with Crippen molar-refractivity contribution in [1.29, 1.82) is 0 Å². The minimum Gasteiger partial charge on any atom is -0.493 e. The number of rotatable bonds is 9. The summed E-state index contributed by atoms with van der Waals surface area (Å²) in [5, 5.41) is 18.8. The van der Waals surface area contributed by atoms with Crippen LogP contribution in [0.3, 0.4) is 0 Å². The van der Waals surface area contributed by atoms with E-state index in [0.29, 0.717) is 16.8 Å². The van der Waals surface area contributed by atoms with Crippen molar-refractivity contribution in [2.24, 2.45) is 0 Å². The first kappa shape index (κ1) is 26.6. The van der Waals surface area contributed by atoms with Crippen molar-refractivity contribution in [2.75, 3.05) is 7.11 Å². The van der Waals surface area contributed by atoms with E-state index in [0.717, 1.165) is 5.56 Å². The molecule has 1 aliphatic rings. The molecule has 2 N–H and O–H groups in total. The molecular weight excluding hydrogens is 526 g/mol. The van der Waals surface area contributed by atoms with Gasteiger partial charge in [0.15, 0.2) is 22.4 Å². The molecule has 4 aromatic carbocycles. The molecule has 1 atom stereocenters. The SMILES string of the molecule is COc1cc([C@@H]2NC(=S)NC(c3ccccc3)=C2C(=O)c2ccccc2)c([N+](=O)[O-])cc1OCc1ccccc1. The van der Waals surface area contributed by atoms with Crippen LogP contribution in [-0.4, -0.2) is 22.9 Å². The van der Waals surface area contributed by atoms with Gasteiger partial charge in [-0.1, -0.05) is 91.0 Å². The lowest BCUT2D eigenvalue weighted by Gasteiger charge is -2.32. The Morgan fingerprint density at radius 3 is 2.17 bits per heavy atom. The topological polar surface area (TPSA) is 103 Å². The average molecular weight is 552 g/mol. The summed E-state index contributed by atoms with van der Waals surface area (Å²) in [5.41, 5.74) is 2.78. The maximum atomic E-state index is 14.0. The summed E-state index contributed by atoms with van der Waals surface area (Å²) in [5.74, 6) is 0.196. The maximum absolute atomic E-state index is 14.0. The standard InChI is InChI=1S/C31H25N3O5S/c1-38-25-17-23(24(34(36)37)18-26(25)39-19-20-11-5-2-6-12-20)29-27(30(35)22-15-9-4-10-16-22)28(32-31(40)33-29)21-13-7-3-8-14-21/h2-18,29H,19H2,1H3,(H2,32,33,40)/t29-/m0/s1. The first-order valence-corrected chi connectivity index (χ1v) is 12.9. The first-order valence-electron chi connectivity index (χ1n) is 12.5. The van der Waals surface area contributed by atoms with Crippen molar-refractivity contribution in [1.82, 2.24) is 10.6 Å². The summed E-state index contributed by atoms with van der Waals surface area (Å²) in [6.07, 6.45) is 0. The predicted molar refractivity (Wildman–Crippen MR) is 156 cm³/mol. The second kappa shape index (κ2) is 11.8. The molecule has 0 aromatic heterocycles. The molecule has 9 heteroatoms. The molecule has 200 valence electrons. The number of hydrogen-bond donors (Lipinski definition) is 2. The van der Waals surface area contributed by atoms with E-state index in [-0.39, 0.29) is 45.8 Å². The number of nitro benzene ring substituents is 1. The minimum absolute atomic E-state index is 0.194. The minimum atomic E-state index is -0.950. The number of ether oxygens (including phenoxy) is 2. The van der Waals surface area contributed by atoms with Crippen molar-refractivity contribution < 1.29 is 19.2 Å². The van der Waals surface area contributed by atoms with Crippen LogP contribution in [0.25, 0.3) is 5.70 Å². The Labute approximate surface area is 236 Å². The van der Waals surface area contributed by atoms with Crippen molar-refractivity contribution in [2.45, 2.75) is 12.6 Å². The predicted octanol–water partition coefficient (Wildman–Crippen LogP) is 6.00. The van der Waals surface area contributed by atoms with Crippen molar-refractivity contribution in [3.63, 3.8) is 0 Å². The lowest BCUT2D eigenvalue weighted by atomic mass is 9.86. The lowest BCUT2D eigenvalue weighted by Crippen LogP contribution is -2.45. The summed E-state index contributed by atoms with van der Waals surface area (Å²) in [4.78, 5) is 25.9. The molecule has 0 fully saturated rings. The highest BCUT2D eigenvalue weighted by atomic mass is 32.1. The molecule has 0 saturated carbocycles. The molecule has 0 saturated heterocycles. The molecule has 0 amide bonds. The van der Waals surface area contributed by atoms with E-state index >= 15 is 0 Å². The Morgan fingerprint density at radius 1 is 0.925 bits per heavy atom. The zero-order valence-electron chi connectivity index (χ0n) is 21.5. The highest BCUT2D eigenvalue weighted by Crippen LogP contribution is 2.42. The van der Waals surface area contributed by atoms with Crippen LogP contribution < -0.4 is 20.1 Å². The van der Waals surface area contributed by atoms with Crippen LogP contribution in [0, 0.1) is 10.1 Å². The van der Waals surface area contributed by atoms with Crippen molar-refractivity contribution in [3.8, 4) is 11.5 Å². The molecule has 0 radical (unpaired) electrons. The number of thiocarbonyl (C=S) groups is 1. The Morgan fingerprint density at radius 2 is 1.55 bits per heavy atom. The first-order chi connectivity index (χ1) is 19.5. The van der Waals surface area contributed by atoms with Gasteiger partial charge in [-0.2, -0.15) is 0 Å². The van der Waals surface area contributed by atoms with Gasteiger partial charge in [-0.05, 0) is 29.4 Å². The maximum Gasteiger partial charge on any atom is 0.279 e. The Hall–Kier alpha value is -5.02. The quantitative estimate of drug-likeness (QED) is 0.113. The number of carbonyl (C=O) groups excluding carboxylic acids is 1. The Bertz CT molecular complexity index is 1590. The average Bonchev–Trinajstić information content (AvgIpc) is 3.00. The summed E-state index contributed by atoms with van der Waals surface area (Å²) >= 11 is 5.51. The zero-order valence-corrected chi connectivity index (χ0v) is 22.3. The number of methoxy groups -OCH3 is 1. The van der Waals surface area contributed by atoms with Gasteiger partial charge in [0, 0.05) is 5.56 Å². The lowest BCUT2D eigenvalue weighted by molar-refractivity contribution is -0.385. The number of hydrogen-bond acceptors (Lipinski definition) is 6. The van der Waals surface area contributed by atoms with Gasteiger partial charge in [0.05, 0.1) is 41.0 Å². The molecule has 0 aliphatic carbocycles. The van der Waals surface area contributed by atoms with Crippen LogP contribution in [-0.2, 0) is 6.61 Å². The normalized spacial score (nSPS) is 14.6. The van der Waals surface area contributed by atoms with E-state index < -0.39 is 11.0 Å². The van der Waals surface area contributed by atoms with E-state index in [1.165, 1.54) is 19.2 Å².